The Bertz CT molecular complexity index is 957. The number of carbonyl (C=O) groups excluding carboxylic acids is 2. The van der Waals surface area contributed by atoms with Gasteiger partial charge >= 0.3 is 0 Å². The van der Waals surface area contributed by atoms with E-state index in [1.165, 1.54) is 12.1 Å². The number of halogens is 1. The minimum Gasteiger partial charge on any atom is -0.352 e. The third-order valence-electron chi connectivity index (χ3n) is 4.52. The van der Waals surface area contributed by atoms with E-state index in [-0.39, 0.29) is 23.9 Å². The summed E-state index contributed by atoms with van der Waals surface area (Å²) in [5, 5.41) is 2.81. The highest BCUT2D eigenvalue weighted by molar-refractivity contribution is 6.08. The maximum absolute atomic E-state index is 12.9. The number of aromatic nitrogens is 1. The number of benzene rings is 2. The summed E-state index contributed by atoms with van der Waals surface area (Å²) in [7, 11) is 1.78. The van der Waals surface area contributed by atoms with Crippen LogP contribution in [0.4, 0.5) is 4.39 Å². The van der Waals surface area contributed by atoms with Crippen molar-refractivity contribution in [2.45, 2.75) is 19.9 Å². The number of rotatable bonds is 6. The van der Waals surface area contributed by atoms with Crippen LogP contribution in [-0.4, -0.2) is 16.3 Å². The number of amides is 1. The second kappa shape index (κ2) is 7.99. The molecule has 2 aromatic carbocycles. The molecule has 0 aliphatic rings. The first-order chi connectivity index (χ1) is 12.9. The first-order valence-electron chi connectivity index (χ1n) is 8.71. The third-order valence-corrected chi connectivity index (χ3v) is 4.52. The van der Waals surface area contributed by atoms with Crippen LogP contribution in [0.1, 0.15) is 32.9 Å². The van der Waals surface area contributed by atoms with Gasteiger partial charge in [-0.25, -0.2) is 4.39 Å². The Morgan fingerprint density at radius 3 is 2.30 bits per heavy atom. The molecule has 1 aromatic heterocycles. The predicted octanol–water partition coefficient (Wildman–Crippen LogP) is 3.56. The average Bonchev–Trinajstić information content (AvgIpc) is 3.02. The predicted molar refractivity (Wildman–Crippen MR) is 102 cm³/mol. The molecule has 27 heavy (non-hydrogen) atoms. The zero-order chi connectivity index (χ0) is 19.4. The summed E-state index contributed by atoms with van der Waals surface area (Å²) < 4.78 is 14.7. The maximum Gasteiger partial charge on any atom is 0.226 e. The molecule has 5 heteroatoms. The van der Waals surface area contributed by atoms with Crippen LogP contribution in [0.5, 0.6) is 0 Å². The maximum atomic E-state index is 12.9. The fourth-order valence-corrected chi connectivity index (χ4v) is 2.84. The lowest BCUT2D eigenvalue weighted by molar-refractivity contribution is -0.120. The van der Waals surface area contributed by atoms with Crippen LogP contribution in [0, 0.1) is 12.7 Å². The molecule has 0 saturated carbocycles. The van der Waals surface area contributed by atoms with Gasteiger partial charge in [0, 0.05) is 24.8 Å². The summed E-state index contributed by atoms with van der Waals surface area (Å²) in [5.74, 6) is -0.537. The average molecular weight is 364 g/mol. The van der Waals surface area contributed by atoms with E-state index in [1.807, 2.05) is 19.1 Å². The third kappa shape index (κ3) is 4.50. The van der Waals surface area contributed by atoms with Crippen LogP contribution in [-0.2, 0) is 24.8 Å². The molecular formula is C22H21FN2O2. The van der Waals surface area contributed by atoms with Gasteiger partial charge in [-0.15, -0.1) is 0 Å². The molecule has 3 rings (SSSR count). The fourth-order valence-electron chi connectivity index (χ4n) is 2.84. The van der Waals surface area contributed by atoms with Gasteiger partial charge in [0.2, 0.25) is 11.7 Å². The molecule has 0 bridgehead atoms. The van der Waals surface area contributed by atoms with Crippen molar-refractivity contribution in [3.8, 4) is 0 Å². The van der Waals surface area contributed by atoms with E-state index < -0.39 is 0 Å². The Hall–Kier alpha value is -3.21. The number of aryl methyl sites for hydroxylation is 1. The molecule has 0 saturated heterocycles. The molecule has 0 atom stereocenters. The molecule has 1 N–H and O–H groups in total. The Kier molecular flexibility index (Phi) is 5.50. The standard InChI is InChI=1S/C22H21FN2O2/c1-15-3-7-17(8-4-15)22(27)20-12-11-19(25(20)2)13-21(26)24-14-16-5-9-18(23)10-6-16/h3-12H,13-14H2,1-2H3,(H,24,26). The molecule has 0 aliphatic heterocycles. The first kappa shape index (κ1) is 18.6. The molecule has 1 amide bonds. The summed E-state index contributed by atoms with van der Waals surface area (Å²) >= 11 is 0. The summed E-state index contributed by atoms with van der Waals surface area (Å²) in [6.45, 7) is 2.30. The second-order valence-electron chi connectivity index (χ2n) is 6.54. The largest absolute Gasteiger partial charge is 0.352 e. The SMILES string of the molecule is Cc1ccc(C(=O)c2ccc(CC(=O)NCc3ccc(F)cc3)n2C)cc1. The molecule has 3 aromatic rings. The lowest BCUT2D eigenvalue weighted by Crippen LogP contribution is -2.25. The van der Waals surface area contributed by atoms with Gasteiger partial charge in [-0.1, -0.05) is 42.0 Å². The van der Waals surface area contributed by atoms with Crippen LogP contribution in [0.15, 0.2) is 60.7 Å². The van der Waals surface area contributed by atoms with Gasteiger partial charge in [-0.2, -0.15) is 0 Å². The molecule has 0 spiro atoms. The number of nitrogens with one attached hydrogen (secondary N) is 1. The molecule has 0 radical (unpaired) electrons. The number of hydrogen-bond donors (Lipinski definition) is 1. The van der Waals surface area contributed by atoms with E-state index in [1.54, 1.807) is 48.0 Å². The van der Waals surface area contributed by atoms with E-state index in [9.17, 15) is 14.0 Å². The van der Waals surface area contributed by atoms with Crippen LogP contribution < -0.4 is 5.32 Å². The van der Waals surface area contributed by atoms with Crippen molar-refractivity contribution in [3.05, 3.63) is 94.6 Å². The van der Waals surface area contributed by atoms with Gasteiger partial charge < -0.3 is 9.88 Å². The monoisotopic (exact) mass is 364 g/mol. The van der Waals surface area contributed by atoms with Crippen molar-refractivity contribution < 1.29 is 14.0 Å². The Balaban J connectivity index is 1.64. The van der Waals surface area contributed by atoms with Crippen LogP contribution >= 0.6 is 0 Å². The molecule has 138 valence electrons. The van der Waals surface area contributed by atoms with Gasteiger partial charge in [-0.3, -0.25) is 9.59 Å². The van der Waals surface area contributed by atoms with Crippen molar-refractivity contribution in [2.24, 2.45) is 7.05 Å². The molecule has 0 fully saturated rings. The van der Waals surface area contributed by atoms with Gasteiger partial charge in [0.05, 0.1) is 12.1 Å². The van der Waals surface area contributed by atoms with Crippen molar-refractivity contribution in [1.29, 1.82) is 0 Å². The van der Waals surface area contributed by atoms with Crippen molar-refractivity contribution in [3.63, 3.8) is 0 Å². The number of ketones is 1. The fraction of sp³-hybridized carbons (Fsp3) is 0.182. The summed E-state index contributed by atoms with van der Waals surface area (Å²) in [5.41, 5.74) is 3.83. The quantitative estimate of drug-likeness (QED) is 0.680. The molecule has 4 nitrogen and oxygen atoms in total. The zero-order valence-corrected chi connectivity index (χ0v) is 15.3. The Morgan fingerprint density at radius 2 is 1.63 bits per heavy atom. The van der Waals surface area contributed by atoms with Gasteiger partial charge in [0.1, 0.15) is 5.82 Å². The molecule has 0 aliphatic carbocycles. The van der Waals surface area contributed by atoms with Gasteiger partial charge in [-0.05, 0) is 36.8 Å². The minimum absolute atomic E-state index is 0.0736. The highest BCUT2D eigenvalue weighted by Gasteiger charge is 2.16. The number of hydrogen-bond acceptors (Lipinski definition) is 2. The highest BCUT2D eigenvalue weighted by atomic mass is 19.1. The normalized spacial score (nSPS) is 10.6. The second-order valence-corrected chi connectivity index (χ2v) is 6.54. The zero-order valence-electron chi connectivity index (χ0n) is 15.3. The van der Waals surface area contributed by atoms with Crippen molar-refractivity contribution >= 4 is 11.7 Å². The summed E-state index contributed by atoms with van der Waals surface area (Å²) in [6.07, 6.45) is 0.166. The molecule has 0 unspecified atom stereocenters. The van der Waals surface area contributed by atoms with E-state index in [2.05, 4.69) is 5.32 Å². The van der Waals surface area contributed by atoms with Crippen molar-refractivity contribution in [2.75, 3.05) is 0 Å². The van der Waals surface area contributed by atoms with Gasteiger partial charge in [0.15, 0.2) is 0 Å². The number of nitrogens with zero attached hydrogens (tertiary/aromatic N) is 1. The van der Waals surface area contributed by atoms with Crippen LogP contribution in [0.3, 0.4) is 0 Å². The molecular weight excluding hydrogens is 343 g/mol. The minimum atomic E-state index is -0.306. The lowest BCUT2D eigenvalue weighted by Gasteiger charge is -2.09. The van der Waals surface area contributed by atoms with Crippen molar-refractivity contribution in [1.82, 2.24) is 9.88 Å². The lowest BCUT2D eigenvalue weighted by atomic mass is 10.1. The van der Waals surface area contributed by atoms with E-state index >= 15 is 0 Å². The van der Waals surface area contributed by atoms with E-state index in [4.69, 9.17) is 0 Å². The molecule has 1 heterocycles. The van der Waals surface area contributed by atoms with Crippen LogP contribution in [0.2, 0.25) is 0 Å². The topological polar surface area (TPSA) is 51.1 Å². The smallest absolute Gasteiger partial charge is 0.226 e. The Labute approximate surface area is 157 Å². The summed E-state index contributed by atoms with van der Waals surface area (Å²) in [6, 6.07) is 16.9. The van der Waals surface area contributed by atoms with E-state index in [0.29, 0.717) is 17.8 Å². The van der Waals surface area contributed by atoms with Gasteiger partial charge in [0.25, 0.3) is 0 Å². The van der Waals surface area contributed by atoms with E-state index in [0.717, 1.165) is 16.8 Å². The summed E-state index contributed by atoms with van der Waals surface area (Å²) in [4.78, 5) is 24.9. The highest BCUT2D eigenvalue weighted by Crippen LogP contribution is 2.14. The first-order valence-corrected chi connectivity index (χ1v) is 8.71. The Morgan fingerprint density at radius 1 is 0.963 bits per heavy atom. The van der Waals surface area contributed by atoms with Crippen LogP contribution in [0.25, 0.3) is 0 Å². The number of carbonyl (C=O) groups is 2.